The third-order valence-electron chi connectivity index (χ3n) is 9.58. The van der Waals surface area contributed by atoms with E-state index in [0.717, 1.165) is 44.4 Å². The fourth-order valence-electron chi connectivity index (χ4n) is 7.28. The molecular formula is C42H30N2O2. The van der Waals surface area contributed by atoms with Gasteiger partial charge in [-0.25, -0.2) is 0 Å². The van der Waals surface area contributed by atoms with E-state index in [9.17, 15) is 9.59 Å². The summed E-state index contributed by atoms with van der Waals surface area (Å²) in [7, 11) is 0. The molecule has 0 aliphatic rings. The Labute approximate surface area is 264 Å². The molecule has 0 bridgehead atoms. The van der Waals surface area contributed by atoms with E-state index in [1.807, 2.05) is 54.6 Å². The van der Waals surface area contributed by atoms with Gasteiger partial charge in [-0.05, 0) is 76.7 Å². The van der Waals surface area contributed by atoms with Crippen LogP contribution >= 0.6 is 0 Å². The zero-order valence-electron chi connectivity index (χ0n) is 25.8. The number of aromatic nitrogens is 2. The molecule has 4 heteroatoms. The van der Waals surface area contributed by atoms with Gasteiger partial charge in [-0.3, -0.25) is 9.59 Å². The molecule has 0 spiro atoms. The molecule has 0 unspecified atom stereocenters. The van der Waals surface area contributed by atoms with Gasteiger partial charge in [0.25, 0.3) is 0 Å². The number of rotatable bonds is 2. The monoisotopic (exact) mass is 594 g/mol. The van der Waals surface area contributed by atoms with Crippen LogP contribution in [0, 0.1) is 0 Å². The fourth-order valence-corrected chi connectivity index (χ4v) is 7.28. The standard InChI is InChI=1S/C42H30N2O2/c1-42(2,3)27-22-33-39-34(23-27)41(46)32-24-28(43-35-15-9-7-13-29(35)30-14-8-10-16-36(30)43)18-20-38(32)44(39)37-19-17-26(21-31(37)40(33)45)25-11-5-4-6-12-25/h4-24H,1-3H3. The van der Waals surface area contributed by atoms with E-state index in [-0.39, 0.29) is 16.3 Å². The fraction of sp³-hybridized carbons (Fsp3) is 0.0952. The second kappa shape index (κ2) is 9.38. The van der Waals surface area contributed by atoms with E-state index in [4.69, 9.17) is 0 Å². The molecular weight excluding hydrogens is 564 g/mol. The number of pyridine rings is 2. The van der Waals surface area contributed by atoms with Crippen LogP contribution in [0.2, 0.25) is 0 Å². The Kier molecular flexibility index (Phi) is 5.44. The largest absolute Gasteiger partial charge is 0.309 e. The Hall–Kier alpha value is -5.74. The predicted molar refractivity (Wildman–Crippen MR) is 192 cm³/mol. The third-order valence-corrected chi connectivity index (χ3v) is 9.58. The maximum atomic E-state index is 14.6. The molecule has 0 saturated carbocycles. The molecule has 6 aromatic carbocycles. The minimum absolute atomic E-state index is 0.0514. The van der Waals surface area contributed by atoms with Crippen LogP contribution in [0.5, 0.6) is 0 Å². The average Bonchev–Trinajstić information content (AvgIpc) is 3.42. The molecule has 4 nitrogen and oxygen atoms in total. The van der Waals surface area contributed by atoms with E-state index in [1.54, 1.807) is 0 Å². The van der Waals surface area contributed by atoms with Crippen LogP contribution in [0.4, 0.5) is 0 Å². The number of benzene rings is 6. The third kappa shape index (κ3) is 3.67. The van der Waals surface area contributed by atoms with Gasteiger partial charge in [0.15, 0.2) is 10.9 Å². The van der Waals surface area contributed by atoms with Crippen molar-refractivity contribution in [1.82, 2.24) is 8.97 Å². The summed E-state index contributed by atoms with van der Waals surface area (Å²) in [4.78, 5) is 28.9. The zero-order chi connectivity index (χ0) is 31.3. The molecule has 0 aliphatic heterocycles. The van der Waals surface area contributed by atoms with Gasteiger partial charge >= 0.3 is 0 Å². The quantitative estimate of drug-likeness (QED) is 0.148. The van der Waals surface area contributed by atoms with E-state index >= 15 is 0 Å². The summed E-state index contributed by atoms with van der Waals surface area (Å²) in [5.74, 6) is 0. The van der Waals surface area contributed by atoms with Crippen LogP contribution in [-0.2, 0) is 5.41 Å². The molecule has 0 N–H and O–H groups in total. The highest BCUT2D eigenvalue weighted by Crippen LogP contribution is 2.36. The lowest BCUT2D eigenvalue weighted by molar-refractivity contribution is 0.591. The van der Waals surface area contributed by atoms with Crippen molar-refractivity contribution in [2.45, 2.75) is 26.2 Å². The molecule has 0 radical (unpaired) electrons. The minimum Gasteiger partial charge on any atom is -0.309 e. The highest BCUT2D eigenvalue weighted by Gasteiger charge is 2.23. The Morgan fingerprint density at radius 1 is 0.457 bits per heavy atom. The van der Waals surface area contributed by atoms with Crippen molar-refractivity contribution in [2.24, 2.45) is 0 Å². The normalized spacial score (nSPS) is 12.4. The molecule has 220 valence electrons. The zero-order valence-corrected chi connectivity index (χ0v) is 25.8. The van der Waals surface area contributed by atoms with Crippen molar-refractivity contribution in [3.05, 3.63) is 153 Å². The summed E-state index contributed by atoms with van der Waals surface area (Å²) >= 11 is 0. The molecule has 9 aromatic rings. The molecule has 3 heterocycles. The van der Waals surface area contributed by atoms with Crippen LogP contribution in [0.15, 0.2) is 137 Å². The first-order chi connectivity index (χ1) is 22.3. The first kappa shape index (κ1) is 26.6. The number of para-hydroxylation sites is 2. The number of hydrogen-bond donors (Lipinski definition) is 0. The average molecular weight is 595 g/mol. The molecule has 46 heavy (non-hydrogen) atoms. The highest BCUT2D eigenvalue weighted by molar-refractivity contribution is 6.11. The van der Waals surface area contributed by atoms with Crippen molar-refractivity contribution in [2.75, 3.05) is 0 Å². The first-order valence-corrected chi connectivity index (χ1v) is 15.7. The summed E-state index contributed by atoms with van der Waals surface area (Å²) < 4.78 is 4.37. The molecule has 0 amide bonds. The van der Waals surface area contributed by atoms with E-state index < -0.39 is 0 Å². The maximum absolute atomic E-state index is 14.6. The second-order valence-electron chi connectivity index (χ2n) is 13.3. The van der Waals surface area contributed by atoms with Crippen LogP contribution in [0.3, 0.4) is 0 Å². The summed E-state index contributed by atoms with van der Waals surface area (Å²) in [6.07, 6.45) is 0. The molecule has 0 fully saturated rings. The van der Waals surface area contributed by atoms with Crippen LogP contribution in [0.1, 0.15) is 26.3 Å². The SMILES string of the molecule is CC(C)(C)c1cc2c(=O)c3cc(-c4ccccc4)ccc3n3c4ccc(-n5c6ccccc6c6ccccc65)cc4c(=O)c(c1)c23. The molecule has 3 aromatic heterocycles. The van der Waals surface area contributed by atoms with Crippen molar-refractivity contribution in [3.8, 4) is 16.8 Å². The van der Waals surface area contributed by atoms with Crippen LogP contribution in [-0.4, -0.2) is 8.97 Å². The Morgan fingerprint density at radius 2 is 1.00 bits per heavy atom. The summed E-state index contributed by atoms with van der Waals surface area (Å²) in [5.41, 5.74) is 8.00. The second-order valence-corrected chi connectivity index (χ2v) is 13.3. The van der Waals surface area contributed by atoms with Gasteiger partial charge in [0, 0.05) is 38.0 Å². The van der Waals surface area contributed by atoms with Crippen molar-refractivity contribution in [1.29, 1.82) is 0 Å². The van der Waals surface area contributed by atoms with Gasteiger partial charge in [-0.1, -0.05) is 93.6 Å². The van der Waals surface area contributed by atoms with Crippen molar-refractivity contribution < 1.29 is 0 Å². The number of nitrogens with zero attached hydrogens (tertiary/aromatic N) is 2. The van der Waals surface area contributed by atoms with Gasteiger partial charge in [0.2, 0.25) is 0 Å². The van der Waals surface area contributed by atoms with Crippen LogP contribution < -0.4 is 10.9 Å². The van der Waals surface area contributed by atoms with Crippen molar-refractivity contribution in [3.63, 3.8) is 0 Å². The molecule has 0 atom stereocenters. The Bertz CT molecular complexity index is 2760. The Morgan fingerprint density at radius 3 is 1.61 bits per heavy atom. The molecule has 0 aliphatic carbocycles. The smallest absolute Gasteiger partial charge is 0.197 e. The Balaban J connectivity index is 1.45. The summed E-state index contributed by atoms with van der Waals surface area (Å²) in [6, 6.07) is 43.2. The van der Waals surface area contributed by atoms with E-state index in [1.165, 1.54) is 10.8 Å². The highest BCUT2D eigenvalue weighted by atomic mass is 16.1. The summed E-state index contributed by atoms with van der Waals surface area (Å²) in [6.45, 7) is 6.36. The van der Waals surface area contributed by atoms with E-state index in [0.29, 0.717) is 27.1 Å². The lowest BCUT2D eigenvalue weighted by Gasteiger charge is -2.22. The van der Waals surface area contributed by atoms with Gasteiger partial charge in [-0.2, -0.15) is 0 Å². The van der Waals surface area contributed by atoms with E-state index in [2.05, 4.69) is 103 Å². The molecule has 9 rings (SSSR count). The van der Waals surface area contributed by atoms with Crippen LogP contribution in [0.25, 0.3) is 76.7 Å². The first-order valence-electron chi connectivity index (χ1n) is 15.7. The lowest BCUT2D eigenvalue weighted by Crippen LogP contribution is -2.18. The van der Waals surface area contributed by atoms with Crippen molar-refractivity contribution >= 4 is 59.9 Å². The minimum atomic E-state index is -0.256. The molecule has 0 saturated heterocycles. The topological polar surface area (TPSA) is 43.5 Å². The van der Waals surface area contributed by atoms with Gasteiger partial charge in [0.05, 0.1) is 27.6 Å². The summed E-state index contributed by atoms with van der Waals surface area (Å²) in [5, 5.41) is 4.74. The van der Waals surface area contributed by atoms with Gasteiger partial charge < -0.3 is 8.97 Å². The van der Waals surface area contributed by atoms with Gasteiger partial charge in [-0.15, -0.1) is 0 Å². The number of fused-ring (bicyclic) bond motifs is 7. The predicted octanol–water partition coefficient (Wildman–Crippen LogP) is 9.62. The number of hydrogen-bond acceptors (Lipinski definition) is 2. The maximum Gasteiger partial charge on any atom is 0.197 e. The lowest BCUT2D eigenvalue weighted by atomic mass is 9.85. The van der Waals surface area contributed by atoms with Gasteiger partial charge in [0.1, 0.15) is 0 Å².